The van der Waals surface area contributed by atoms with E-state index in [2.05, 4.69) is 25.7 Å². The van der Waals surface area contributed by atoms with Crippen LogP contribution in [0.1, 0.15) is 48.0 Å². The highest BCUT2D eigenvalue weighted by molar-refractivity contribution is 6.42. The number of aryl methyl sites for hydroxylation is 1. The monoisotopic (exact) mass is 733 g/mol. The molecular formula is C37H37Cl2N5O7. The Hall–Kier alpha value is -5.46. The molecular weight excluding hydrogens is 697 g/mol. The number of hydrogen-bond donors (Lipinski definition) is 3. The van der Waals surface area contributed by atoms with Crippen LogP contribution < -0.4 is 30.3 Å². The lowest BCUT2D eigenvalue weighted by Gasteiger charge is -2.28. The Labute approximate surface area is 305 Å². The van der Waals surface area contributed by atoms with Crippen molar-refractivity contribution in [3.63, 3.8) is 0 Å². The predicted octanol–water partition coefficient (Wildman–Crippen LogP) is 6.71. The van der Waals surface area contributed by atoms with Crippen LogP contribution in [0.4, 0.5) is 4.79 Å². The number of halogens is 2. The molecule has 0 aliphatic carbocycles. The molecule has 51 heavy (non-hydrogen) atoms. The van der Waals surface area contributed by atoms with Crippen LogP contribution in [0, 0.1) is 13.8 Å². The molecule has 1 aliphatic rings. The maximum absolute atomic E-state index is 12.7. The van der Waals surface area contributed by atoms with Crippen LogP contribution in [0.2, 0.25) is 10.0 Å². The maximum Gasteiger partial charge on any atom is 0.338 e. The Balaban J connectivity index is 1.18. The number of esters is 1. The third-order valence-electron chi connectivity index (χ3n) is 7.99. The van der Waals surface area contributed by atoms with E-state index in [0.29, 0.717) is 39.4 Å². The highest BCUT2D eigenvalue weighted by atomic mass is 35.5. The van der Waals surface area contributed by atoms with E-state index in [4.69, 9.17) is 42.1 Å². The van der Waals surface area contributed by atoms with E-state index in [1.807, 2.05) is 50.2 Å². The fourth-order valence-corrected chi connectivity index (χ4v) is 5.88. The van der Waals surface area contributed by atoms with E-state index in [9.17, 15) is 14.4 Å². The summed E-state index contributed by atoms with van der Waals surface area (Å²) in [5, 5.41) is 10.5. The summed E-state index contributed by atoms with van der Waals surface area (Å²) in [7, 11) is 1.45. The van der Waals surface area contributed by atoms with E-state index in [0.717, 1.165) is 28.2 Å². The minimum Gasteiger partial charge on any atom is -0.493 e. The zero-order chi connectivity index (χ0) is 36.7. The summed E-state index contributed by atoms with van der Waals surface area (Å²) in [5.41, 5.74) is 8.29. The minimum atomic E-state index is -0.778. The van der Waals surface area contributed by atoms with E-state index < -0.39 is 23.9 Å². The van der Waals surface area contributed by atoms with Gasteiger partial charge in [-0.3, -0.25) is 4.79 Å². The van der Waals surface area contributed by atoms with Crippen LogP contribution >= 0.6 is 23.2 Å². The molecule has 14 heteroatoms. The number of carbonyl (C=O) groups excluding carboxylic acids is 3. The topological polar surface area (TPSA) is 142 Å². The highest BCUT2D eigenvalue weighted by Gasteiger charge is 2.32. The zero-order valence-electron chi connectivity index (χ0n) is 28.6. The van der Waals surface area contributed by atoms with Gasteiger partial charge in [-0.2, -0.15) is 5.10 Å². The second-order valence-corrected chi connectivity index (χ2v) is 12.3. The van der Waals surface area contributed by atoms with Crippen molar-refractivity contribution in [2.24, 2.45) is 5.10 Å². The largest absolute Gasteiger partial charge is 0.493 e. The molecule has 4 aromatic rings. The number of ether oxygens (including phenoxy) is 4. The summed E-state index contributed by atoms with van der Waals surface area (Å²) < 4.78 is 24.4. The van der Waals surface area contributed by atoms with Crippen LogP contribution in [0.3, 0.4) is 0 Å². The summed E-state index contributed by atoms with van der Waals surface area (Å²) in [4.78, 5) is 37.5. The van der Waals surface area contributed by atoms with E-state index in [1.54, 1.807) is 50.4 Å². The molecule has 1 aliphatic heterocycles. The lowest BCUT2D eigenvalue weighted by Crippen LogP contribution is -2.45. The van der Waals surface area contributed by atoms with Gasteiger partial charge in [0.25, 0.3) is 5.91 Å². The SMILES string of the molecule is CCOC(=O)C1=C(C)NC(=O)N[C@@H]1c1ccc(OCC(=O)N/N=C/c2cc(C)n(-c3ccc(OCc4ccc(Cl)c(Cl)c4)cc3)c2C)c(OC)c1. The molecule has 266 valence electrons. The van der Waals surface area contributed by atoms with Gasteiger partial charge in [0.1, 0.15) is 12.4 Å². The number of allylic oxidation sites excluding steroid dienone is 1. The van der Waals surface area contributed by atoms with Crippen molar-refractivity contribution >= 4 is 47.3 Å². The normalized spacial score (nSPS) is 14.2. The fourth-order valence-electron chi connectivity index (χ4n) is 5.56. The second-order valence-electron chi connectivity index (χ2n) is 11.5. The predicted molar refractivity (Wildman–Crippen MR) is 194 cm³/mol. The lowest BCUT2D eigenvalue weighted by atomic mass is 9.95. The van der Waals surface area contributed by atoms with Gasteiger partial charge in [0, 0.05) is 28.3 Å². The summed E-state index contributed by atoms with van der Waals surface area (Å²) in [6.07, 6.45) is 1.57. The van der Waals surface area contributed by atoms with Gasteiger partial charge >= 0.3 is 12.0 Å². The average Bonchev–Trinajstić information content (AvgIpc) is 3.39. The van der Waals surface area contributed by atoms with Crippen LogP contribution in [0.15, 0.2) is 83.1 Å². The first-order chi connectivity index (χ1) is 24.5. The molecule has 0 saturated carbocycles. The van der Waals surface area contributed by atoms with Crippen LogP contribution in [0.25, 0.3) is 5.69 Å². The molecule has 0 spiro atoms. The van der Waals surface area contributed by atoms with Crippen LogP contribution in [-0.2, 0) is 20.9 Å². The number of urea groups is 1. The van der Waals surface area contributed by atoms with E-state index >= 15 is 0 Å². The number of nitrogens with zero attached hydrogens (tertiary/aromatic N) is 2. The van der Waals surface area contributed by atoms with Crippen molar-refractivity contribution in [1.82, 2.24) is 20.6 Å². The second kappa shape index (κ2) is 16.5. The fraction of sp³-hybridized carbons (Fsp3) is 0.243. The van der Waals surface area contributed by atoms with Gasteiger partial charge in [-0.1, -0.05) is 35.3 Å². The average molecular weight is 735 g/mol. The van der Waals surface area contributed by atoms with Crippen molar-refractivity contribution in [1.29, 1.82) is 0 Å². The molecule has 1 atom stereocenters. The Morgan fingerprint density at radius 1 is 0.961 bits per heavy atom. The number of hydrogen-bond acceptors (Lipinski definition) is 8. The number of methoxy groups -OCH3 is 1. The van der Waals surface area contributed by atoms with Crippen molar-refractivity contribution in [2.75, 3.05) is 20.3 Å². The van der Waals surface area contributed by atoms with Crippen molar-refractivity contribution in [3.8, 4) is 22.9 Å². The molecule has 12 nitrogen and oxygen atoms in total. The third kappa shape index (κ3) is 8.83. The molecule has 0 fully saturated rings. The van der Waals surface area contributed by atoms with Gasteiger partial charge in [0.2, 0.25) is 0 Å². The van der Waals surface area contributed by atoms with Crippen LogP contribution in [-0.4, -0.2) is 49.0 Å². The molecule has 0 radical (unpaired) electrons. The Morgan fingerprint density at radius 2 is 1.73 bits per heavy atom. The van der Waals surface area contributed by atoms with E-state index in [-0.39, 0.29) is 24.5 Å². The van der Waals surface area contributed by atoms with Crippen LogP contribution in [0.5, 0.6) is 17.2 Å². The number of nitrogens with one attached hydrogen (secondary N) is 3. The van der Waals surface area contributed by atoms with Crippen molar-refractivity contribution in [2.45, 2.75) is 40.3 Å². The molecule has 3 amide bonds. The first-order valence-electron chi connectivity index (χ1n) is 15.9. The molecule has 0 unspecified atom stereocenters. The first kappa shape index (κ1) is 36.8. The van der Waals surface area contributed by atoms with Gasteiger partial charge in [-0.05, 0) is 93.4 Å². The summed E-state index contributed by atoms with van der Waals surface area (Å²) in [5.74, 6) is 0.252. The Bertz CT molecular complexity index is 2010. The number of carbonyl (C=O) groups is 3. The van der Waals surface area contributed by atoms with Gasteiger partial charge in [0.05, 0.1) is 41.6 Å². The third-order valence-corrected chi connectivity index (χ3v) is 8.73. The molecule has 1 aromatic heterocycles. The van der Waals surface area contributed by atoms with Gasteiger partial charge < -0.3 is 34.1 Å². The lowest BCUT2D eigenvalue weighted by molar-refractivity contribution is -0.139. The number of aromatic nitrogens is 1. The smallest absolute Gasteiger partial charge is 0.338 e. The number of rotatable bonds is 13. The molecule has 3 aromatic carbocycles. The Morgan fingerprint density at radius 3 is 2.43 bits per heavy atom. The summed E-state index contributed by atoms with van der Waals surface area (Å²) in [6.45, 7) is 7.47. The standard InChI is InChI=1S/C37H37Cl2N5O7/c1-6-49-36(46)34-22(3)41-37(47)42-35(34)25-8-14-31(32(17-25)48-5)51-20-33(45)43-40-18-26-15-21(2)44(23(26)4)27-9-11-28(12-10-27)50-19-24-7-13-29(38)30(39)16-24/h7-18,35H,6,19-20H2,1-5H3,(H,43,45)(H2,41,42,47)/b40-18+/t35-/m1/s1. The molecule has 0 saturated heterocycles. The Kier molecular flexibility index (Phi) is 11.9. The number of benzene rings is 3. The van der Waals surface area contributed by atoms with Gasteiger partial charge in [-0.25, -0.2) is 15.0 Å². The van der Waals surface area contributed by atoms with Crippen molar-refractivity contribution in [3.05, 3.63) is 116 Å². The molecule has 0 bridgehead atoms. The first-order valence-corrected chi connectivity index (χ1v) is 16.7. The number of amides is 3. The molecule has 2 heterocycles. The summed E-state index contributed by atoms with van der Waals surface area (Å²) in [6, 6.07) is 18.7. The molecule has 5 rings (SSSR count). The minimum absolute atomic E-state index is 0.180. The van der Waals surface area contributed by atoms with Gasteiger partial charge in [0.15, 0.2) is 18.1 Å². The zero-order valence-corrected chi connectivity index (χ0v) is 30.1. The van der Waals surface area contributed by atoms with E-state index in [1.165, 1.54) is 7.11 Å². The summed E-state index contributed by atoms with van der Waals surface area (Å²) >= 11 is 12.1. The van der Waals surface area contributed by atoms with Gasteiger partial charge in [-0.15, -0.1) is 0 Å². The maximum atomic E-state index is 12.7. The highest BCUT2D eigenvalue weighted by Crippen LogP contribution is 2.35. The number of hydrazone groups is 1. The van der Waals surface area contributed by atoms with Crippen molar-refractivity contribution < 1.29 is 33.3 Å². The quantitative estimate of drug-likeness (QED) is 0.0788. The molecule has 3 N–H and O–H groups in total.